The lowest BCUT2D eigenvalue weighted by molar-refractivity contribution is -0.0892. The highest BCUT2D eigenvalue weighted by Crippen LogP contribution is 2.27. The molecule has 0 radical (unpaired) electrons. The maximum absolute atomic E-state index is 13.4. The van der Waals surface area contributed by atoms with E-state index in [0.717, 1.165) is 0 Å². The standard InChI is InChI=1S/C8H16FNO/c1-7(2)10-4-8(9,5-10)6-11-3/h7H,4-6H2,1-3H3. The minimum absolute atomic E-state index is 0.232. The van der Waals surface area contributed by atoms with Crippen molar-refractivity contribution in [3.8, 4) is 0 Å². The summed E-state index contributed by atoms with van der Waals surface area (Å²) in [5, 5.41) is 0. The molecule has 1 rings (SSSR count). The molecular formula is C8H16FNO. The summed E-state index contributed by atoms with van der Waals surface area (Å²) in [7, 11) is 1.54. The summed E-state index contributed by atoms with van der Waals surface area (Å²) in [6, 6.07) is 0.454. The number of hydrogen-bond donors (Lipinski definition) is 0. The first-order chi connectivity index (χ1) is 5.07. The molecule has 0 saturated carbocycles. The average molecular weight is 161 g/mol. The molecule has 0 aliphatic carbocycles. The summed E-state index contributed by atoms with van der Waals surface area (Å²) in [5.41, 5.74) is -1.07. The van der Waals surface area contributed by atoms with Crippen molar-refractivity contribution in [1.82, 2.24) is 4.90 Å². The van der Waals surface area contributed by atoms with E-state index in [2.05, 4.69) is 18.7 Å². The van der Waals surface area contributed by atoms with Crippen LogP contribution in [0, 0.1) is 0 Å². The lowest BCUT2D eigenvalue weighted by Gasteiger charge is -2.46. The van der Waals surface area contributed by atoms with Gasteiger partial charge in [0.05, 0.1) is 6.61 Å². The van der Waals surface area contributed by atoms with Gasteiger partial charge in [0.2, 0.25) is 0 Å². The second-order valence-corrected chi connectivity index (χ2v) is 3.58. The maximum atomic E-state index is 13.4. The highest BCUT2D eigenvalue weighted by atomic mass is 19.1. The van der Waals surface area contributed by atoms with E-state index in [4.69, 9.17) is 4.74 Å². The number of rotatable bonds is 3. The van der Waals surface area contributed by atoms with E-state index in [1.807, 2.05) is 0 Å². The predicted molar refractivity (Wildman–Crippen MR) is 42.4 cm³/mol. The molecular weight excluding hydrogens is 145 g/mol. The van der Waals surface area contributed by atoms with Gasteiger partial charge in [-0.15, -0.1) is 0 Å². The van der Waals surface area contributed by atoms with E-state index < -0.39 is 5.67 Å². The molecule has 66 valence electrons. The first-order valence-electron chi connectivity index (χ1n) is 3.99. The monoisotopic (exact) mass is 161 g/mol. The second kappa shape index (κ2) is 3.07. The summed E-state index contributed by atoms with van der Waals surface area (Å²) < 4.78 is 18.1. The molecule has 1 aliphatic heterocycles. The van der Waals surface area contributed by atoms with Crippen molar-refractivity contribution >= 4 is 0 Å². The molecule has 1 heterocycles. The SMILES string of the molecule is COCC1(F)CN(C(C)C)C1. The molecule has 0 aromatic heterocycles. The molecule has 0 unspecified atom stereocenters. The molecule has 2 nitrogen and oxygen atoms in total. The maximum Gasteiger partial charge on any atom is 0.159 e. The fraction of sp³-hybridized carbons (Fsp3) is 1.00. The number of likely N-dealkylation sites (tertiary alicyclic amines) is 1. The predicted octanol–water partition coefficient (Wildman–Crippen LogP) is 1.07. The summed E-state index contributed by atoms with van der Waals surface area (Å²) in [6.45, 7) is 5.44. The van der Waals surface area contributed by atoms with Crippen LogP contribution in [0.4, 0.5) is 4.39 Å². The van der Waals surface area contributed by atoms with Crippen LogP contribution in [-0.4, -0.2) is 43.4 Å². The van der Waals surface area contributed by atoms with Crippen molar-refractivity contribution in [1.29, 1.82) is 0 Å². The zero-order chi connectivity index (χ0) is 8.48. The van der Waals surface area contributed by atoms with Gasteiger partial charge in [-0.1, -0.05) is 0 Å². The van der Waals surface area contributed by atoms with Gasteiger partial charge in [0.1, 0.15) is 0 Å². The molecule has 3 heteroatoms. The van der Waals surface area contributed by atoms with E-state index in [1.54, 1.807) is 7.11 Å². The van der Waals surface area contributed by atoms with Crippen molar-refractivity contribution in [3.63, 3.8) is 0 Å². The number of hydrogen-bond acceptors (Lipinski definition) is 2. The van der Waals surface area contributed by atoms with Crippen LogP contribution in [0.2, 0.25) is 0 Å². The Bertz CT molecular complexity index is 132. The fourth-order valence-electron chi connectivity index (χ4n) is 1.40. The van der Waals surface area contributed by atoms with Crippen LogP contribution in [0.3, 0.4) is 0 Å². The summed E-state index contributed by atoms with van der Waals surface area (Å²) in [4.78, 5) is 2.10. The van der Waals surface area contributed by atoms with Crippen molar-refractivity contribution in [2.24, 2.45) is 0 Å². The minimum atomic E-state index is -1.07. The third-order valence-electron chi connectivity index (χ3n) is 2.11. The molecule has 0 N–H and O–H groups in total. The number of ether oxygens (including phenoxy) is 1. The number of halogens is 1. The van der Waals surface area contributed by atoms with E-state index in [0.29, 0.717) is 19.1 Å². The van der Waals surface area contributed by atoms with E-state index >= 15 is 0 Å². The van der Waals surface area contributed by atoms with Gasteiger partial charge < -0.3 is 4.74 Å². The van der Waals surface area contributed by atoms with Crippen LogP contribution in [0.1, 0.15) is 13.8 Å². The van der Waals surface area contributed by atoms with Crippen LogP contribution in [0.15, 0.2) is 0 Å². The Balaban J connectivity index is 2.26. The van der Waals surface area contributed by atoms with Crippen LogP contribution < -0.4 is 0 Å². The minimum Gasteiger partial charge on any atom is -0.381 e. The van der Waals surface area contributed by atoms with Gasteiger partial charge >= 0.3 is 0 Å². The van der Waals surface area contributed by atoms with Gasteiger partial charge in [-0.05, 0) is 13.8 Å². The number of nitrogens with zero attached hydrogens (tertiary/aromatic N) is 1. The summed E-state index contributed by atoms with van der Waals surface area (Å²) in [6.07, 6.45) is 0. The largest absolute Gasteiger partial charge is 0.381 e. The van der Waals surface area contributed by atoms with E-state index in [9.17, 15) is 4.39 Å². The average Bonchev–Trinajstić information content (AvgIpc) is 1.82. The van der Waals surface area contributed by atoms with Gasteiger partial charge in [0.25, 0.3) is 0 Å². The first kappa shape index (κ1) is 8.94. The quantitative estimate of drug-likeness (QED) is 0.613. The van der Waals surface area contributed by atoms with Crippen LogP contribution in [0.25, 0.3) is 0 Å². The molecule has 0 spiro atoms. The number of methoxy groups -OCH3 is 1. The molecule has 0 bridgehead atoms. The highest BCUT2D eigenvalue weighted by molar-refractivity contribution is 4.97. The molecule has 11 heavy (non-hydrogen) atoms. The zero-order valence-electron chi connectivity index (χ0n) is 7.43. The van der Waals surface area contributed by atoms with E-state index in [-0.39, 0.29) is 6.61 Å². The van der Waals surface area contributed by atoms with Gasteiger partial charge in [0.15, 0.2) is 5.67 Å². The smallest absolute Gasteiger partial charge is 0.159 e. The summed E-state index contributed by atoms with van der Waals surface area (Å²) >= 11 is 0. The molecule has 0 aromatic rings. The van der Waals surface area contributed by atoms with Crippen LogP contribution in [0.5, 0.6) is 0 Å². The third-order valence-corrected chi connectivity index (χ3v) is 2.11. The molecule has 0 aromatic carbocycles. The lowest BCUT2D eigenvalue weighted by Crippen LogP contribution is -2.63. The molecule has 1 aliphatic rings. The van der Waals surface area contributed by atoms with Crippen LogP contribution >= 0.6 is 0 Å². The van der Waals surface area contributed by atoms with Gasteiger partial charge in [0, 0.05) is 26.2 Å². The Morgan fingerprint density at radius 2 is 2.09 bits per heavy atom. The Morgan fingerprint density at radius 3 is 2.45 bits per heavy atom. The Labute approximate surface area is 67.3 Å². The normalized spacial score (nSPS) is 23.7. The summed E-state index contributed by atoms with van der Waals surface area (Å²) in [5.74, 6) is 0. The fourth-order valence-corrected chi connectivity index (χ4v) is 1.40. The lowest BCUT2D eigenvalue weighted by atomic mass is 9.96. The van der Waals surface area contributed by atoms with Crippen LogP contribution in [-0.2, 0) is 4.74 Å². The van der Waals surface area contributed by atoms with Gasteiger partial charge in [-0.2, -0.15) is 0 Å². The van der Waals surface area contributed by atoms with Crippen molar-refractivity contribution in [2.45, 2.75) is 25.6 Å². The molecule has 0 atom stereocenters. The first-order valence-corrected chi connectivity index (χ1v) is 3.99. The Hall–Kier alpha value is -0.150. The van der Waals surface area contributed by atoms with Gasteiger partial charge in [-0.3, -0.25) is 4.90 Å². The second-order valence-electron chi connectivity index (χ2n) is 3.58. The highest BCUT2D eigenvalue weighted by Gasteiger charge is 2.44. The zero-order valence-corrected chi connectivity index (χ0v) is 7.43. The van der Waals surface area contributed by atoms with Gasteiger partial charge in [-0.25, -0.2) is 4.39 Å². The Morgan fingerprint density at radius 1 is 1.55 bits per heavy atom. The van der Waals surface area contributed by atoms with E-state index in [1.165, 1.54) is 0 Å². The Kier molecular flexibility index (Phi) is 2.50. The van der Waals surface area contributed by atoms with Crippen molar-refractivity contribution < 1.29 is 9.13 Å². The number of alkyl halides is 1. The molecule has 1 fully saturated rings. The van der Waals surface area contributed by atoms with Crippen molar-refractivity contribution in [2.75, 3.05) is 26.8 Å². The van der Waals surface area contributed by atoms with Crippen molar-refractivity contribution in [3.05, 3.63) is 0 Å². The molecule has 0 amide bonds. The third kappa shape index (κ3) is 1.91. The topological polar surface area (TPSA) is 12.5 Å². The molecule has 1 saturated heterocycles.